The van der Waals surface area contributed by atoms with E-state index in [-0.39, 0.29) is 10.1 Å². The number of hydrogen-bond donors (Lipinski definition) is 0. The van der Waals surface area contributed by atoms with E-state index in [4.69, 9.17) is 4.74 Å². The molecule has 0 radical (unpaired) electrons. The van der Waals surface area contributed by atoms with Gasteiger partial charge in [0.25, 0.3) is 6.33 Å². The van der Waals surface area contributed by atoms with Crippen LogP contribution in [-0.2, 0) is 12.5 Å². The first-order valence-electron chi connectivity index (χ1n) is 6.88. The lowest BCUT2D eigenvalue weighted by Gasteiger charge is -2.18. The summed E-state index contributed by atoms with van der Waals surface area (Å²) in [5.41, 5.74) is 1.30. The summed E-state index contributed by atoms with van der Waals surface area (Å²) in [6, 6.07) is 7.61. The summed E-state index contributed by atoms with van der Waals surface area (Å²) in [6.07, 6.45) is 4.69. The van der Waals surface area contributed by atoms with Crippen molar-refractivity contribution in [3.63, 3.8) is 0 Å². The molecule has 1 aromatic heterocycles. The van der Waals surface area contributed by atoms with E-state index in [0.29, 0.717) is 5.75 Å². The van der Waals surface area contributed by atoms with Gasteiger partial charge in [0.05, 0.1) is 7.05 Å². The van der Waals surface area contributed by atoms with Crippen molar-refractivity contribution in [3.05, 3.63) is 48.5 Å². The fourth-order valence-electron chi connectivity index (χ4n) is 1.73. The number of halogens is 4. The number of ether oxygens (including phenoxy) is 1. The van der Waals surface area contributed by atoms with Gasteiger partial charge in [0.1, 0.15) is 18.1 Å². The van der Waals surface area contributed by atoms with Crippen LogP contribution in [0.3, 0.4) is 0 Å². The van der Waals surface area contributed by atoms with Crippen LogP contribution in [-0.4, -0.2) is 18.2 Å². The van der Waals surface area contributed by atoms with Crippen molar-refractivity contribution in [1.82, 2.24) is 4.57 Å². The Morgan fingerprint density at radius 3 is 2.04 bits per heavy atom. The molecule has 0 unspecified atom stereocenters. The highest BCUT2D eigenvalue weighted by molar-refractivity contribution is 6.33. The standard InChI is InChI=1S/C15H19N2O2.BF3.FH/c1-15(2,3)12-5-7-13(8-6-12)19-14(18)17-10-9-16(4)11-17;2-1(3)4;/h5-11H,1-4H3;;1H/q+1;;/p-1. The summed E-state index contributed by atoms with van der Waals surface area (Å²) in [6.45, 7) is 6.44. The average molecular weight is 346 g/mol. The molecule has 1 aromatic carbocycles. The Hall–Kier alpha value is -2.32. The van der Waals surface area contributed by atoms with Crippen LogP contribution in [0.4, 0.5) is 17.7 Å². The molecule has 2 aromatic rings. The third-order valence-corrected chi connectivity index (χ3v) is 2.91. The van der Waals surface area contributed by atoms with Crippen molar-refractivity contribution in [3.8, 4) is 5.75 Å². The van der Waals surface area contributed by atoms with Gasteiger partial charge in [-0.25, -0.2) is 4.57 Å². The maximum absolute atomic E-state index is 11.8. The van der Waals surface area contributed by atoms with E-state index in [0.717, 1.165) is 0 Å². The summed E-state index contributed by atoms with van der Waals surface area (Å²) >= 11 is 0. The second kappa shape index (κ2) is 9.10. The average Bonchev–Trinajstić information content (AvgIpc) is 2.84. The van der Waals surface area contributed by atoms with Crippen molar-refractivity contribution in [2.75, 3.05) is 0 Å². The summed E-state index contributed by atoms with van der Waals surface area (Å²) in [7, 11) is -1.82. The summed E-state index contributed by atoms with van der Waals surface area (Å²) < 4.78 is 37.5. The maximum Gasteiger partial charge on any atom is 0.762 e. The van der Waals surface area contributed by atoms with Crippen molar-refractivity contribution in [2.45, 2.75) is 26.2 Å². The minimum Gasteiger partial charge on any atom is -1.00 e. The van der Waals surface area contributed by atoms with Crippen LogP contribution in [0.25, 0.3) is 0 Å². The molecule has 0 saturated heterocycles. The SMILES string of the molecule is C[n+]1ccn(C(=O)Oc2ccc(C(C)(C)C)cc2)c1.FB(F)F.[F-]. The van der Waals surface area contributed by atoms with Gasteiger partial charge in [0, 0.05) is 0 Å². The summed E-state index contributed by atoms with van der Waals surface area (Å²) in [5, 5.41) is 0. The zero-order valence-electron chi connectivity index (χ0n) is 13.8. The number of carbonyl (C=O) groups excluding carboxylic acids is 1. The molecule has 132 valence electrons. The molecule has 0 bridgehead atoms. The molecule has 0 fully saturated rings. The third-order valence-electron chi connectivity index (χ3n) is 2.91. The monoisotopic (exact) mass is 346 g/mol. The smallest absolute Gasteiger partial charge is 0.762 e. The van der Waals surface area contributed by atoms with Crippen LogP contribution >= 0.6 is 0 Å². The summed E-state index contributed by atoms with van der Waals surface area (Å²) in [5.74, 6) is 0.550. The molecular weight excluding hydrogens is 327 g/mol. The number of carbonyl (C=O) groups is 1. The largest absolute Gasteiger partial charge is 1.00 e. The molecule has 1 heterocycles. The molecule has 9 heteroatoms. The first kappa shape index (κ1) is 21.7. The summed E-state index contributed by atoms with van der Waals surface area (Å²) in [4.78, 5) is 11.8. The van der Waals surface area contributed by atoms with E-state index >= 15 is 0 Å². The molecule has 4 nitrogen and oxygen atoms in total. The molecule has 0 aliphatic rings. The first-order valence-corrected chi connectivity index (χ1v) is 6.88. The number of rotatable bonds is 1. The maximum atomic E-state index is 11.8. The highest BCUT2D eigenvalue weighted by Gasteiger charge is 2.16. The van der Waals surface area contributed by atoms with Crippen LogP contribution in [0.1, 0.15) is 26.3 Å². The van der Waals surface area contributed by atoms with Gasteiger partial charge in [-0.2, -0.15) is 4.79 Å². The highest BCUT2D eigenvalue weighted by Crippen LogP contribution is 2.24. The van der Waals surface area contributed by atoms with E-state index < -0.39 is 13.6 Å². The minimum atomic E-state index is -3.67. The van der Waals surface area contributed by atoms with Crippen LogP contribution in [0, 0.1) is 0 Å². The zero-order chi connectivity index (χ0) is 17.6. The van der Waals surface area contributed by atoms with Crippen LogP contribution in [0.15, 0.2) is 43.0 Å². The second-order valence-electron chi connectivity index (χ2n) is 5.88. The van der Waals surface area contributed by atoms with Crippen molar-refractivity contribution < 1.29 is 31.7 Å². The number of aryl methyl sites for hydroxylation is 1. The van der Waals surface area contributed by atoms with Crippen LogP contribution in [0.2, 0.25) is 0 Å². The Kier molecular flexibility index (Phi) is 8.22. The molecule has 0 aliphatic heterocycles. The third kappa shape index (κ3) is 7.30. The molecular formula is C15H19BF4N2O2. The Bertz CT molecular complexity index is 637. The zero-order valence-corrected chi connectivity index (χ0v) is 13.8. The first-order chi connectivity index (χ1) is 10.6. The molecule has 2 rings (SSSR count). The topological polar surface area (TPSA) is 35.1 Å². The van der Waals surface area contributed by atoms with E-state index in [1.165, 1.54) is 10.1 Å². The Morgan fingerprint density at radius 2 is 1.67 bits per heavy atom. The van der Waals surface area contributed by atoms with Gasteiger partial charge in [0.15, 0.2) is 0 Å². The fourth-order valence-corrected chi connectivity index (χ4v) is 1.73. The van der Waals surface area contributed by atoms with Crippen molar-refractivity contribution in [2.24, 2.45) is 7.05 Å². The van der Waals surface area contributed by atoms with E-state index in [1.807, 2.05) is 31.3 Å². The number of aromatic nitrogens is 2. The predicted molar refractivity (Wildman–Crippen MR) is 81.3 cm³/mol. The molecule has 24 heavy (non-hydrogen) atoms. The lowest BCUT2D eigenvalue weighted by atomic mass is 9.87. The molecule has 0 spiro atoms. The molecule has 0 N–H and O–H groups in total. The van der Waals surface area contributed by atoms with Gasteiger partial charge in [-0.05, 0) is 23.1 Å². The predicted octanol–water partition coefficient (Wildman–Crippen LogP) is 0.541. The molecule has 0 saturated carbocycles. The lowest BCUT2D eigenvalue weighted by molar-refractivity contribution is -0.670. The molecule has 0 atom stereocenters. The van der Waals surface area contributed by atoms with Gasteiger partial charge < -0.3 is 9.44 Å². The number of nitrogens with zero attached hydrogens (tertiary/aromatic N) is 2. The van der Waals surface area contributed by atoms with Gasteiger partial charge >= 0.3 is 13.6 Å². The number of hydrogen-bond acceptors (Lipinski definition) is 2. The lowest BCUT2D eigenvalue weighted by Crippen LogP contribution is -3.00. The van der Waals surface area contributed by atoms with Crippen molar-refractivity contribution in [1.29, 1.82) is 0 Å². The second-order valence-corrected chi connectivity index (χ2v) is 5.88. The quantitative estimate of drug-likeness (QED) is 0.429. The van der Waals surface area contributed by atoms with E-state index in [9.17, 15) is 17.7 Å². The van der Waals surface area contributed by atoms with Gasteiger partial charge in [-0.3, -0.25) is 12.9 Å². The minimum absolute atomic E-state index is 0. The van der Waals surface area contributed by atoms with Crippen LogP contribution < -0.4 is 14.0 Å². The van der Waals surface area contributed by atoms with E-state index in [2.05, 4.69) is 20.8 Å². The Balaban J connectivity index is 0.000000954. The van der Waals surface area contributed by atoms with Gasteiger partial charge in [-0.1, -0.05) is 32.9 Å². The Labute approximate surface area is 138 Å². The van der Waals surface area contributed by atoms with Gasteiger partial charge in [0.2, 0.25) is 0 Å². The number of benzene rings is 1. The molecule has 0 aliphatic carbocycles. The van der Waals surface area contributed by atoms with Gasteiger partial charge in [-0.15, -0.1) is 4.57 Å². The normalized spacial score (nSPS) is 10.1. The number of imidazole rings is 1. The Morgan fingerprint density at radius 1 is 1.17 bits per heavy atom. The highest BCUT2D eigenvalue weighted by atomic mass is 19.4. The molecule has 0 amide bonds. The van der Waals surface area contributed by atoms with Crippen molar-refractivity contribution >= 4 is 13.6 Å². The fraction of sp³-hybridized carbons (Fsp3) is 0.333. The van der Waals surface area contributed by atoms with Crippen LogP contribution in [0.5, 0.6) is 5.75 Å². The van der Waals surface area contributed by atoms with E-state index in [1.54, 1.807) is 23.3 Å².